The summed E-state index contributed by atoms with van der Waals surface area (Å²) in [5, 5.41) is 0. The molecule has 1 aliphatic rings. The third-order valence-electron chi connectivity index (χ3n) is 4.78. The number of rotatable bonds is 6. The fourth-order valence-electron chi connectivity index (χ4n) is 3.43. The molecular weight excluding hydrogens is 260 g/mol. The van der Waals surface area contributed by atoms with Crippen molar-refractivity contribution in [3.8, 4) is 5.75 Å². The van der Waals surface area contributed by atoms with Gasteiger partial charge in [-0.05, 0) is 63.8 Å². The molecule has 3 unspecified atom stereocenters. The maximum absolute atomic E-state index is 6.18. The van der Waals surface area contributed by atoms with Crippen molar-refractivity contribution >= 4 is 0 Å². The maximum Gasteiger partial charge on any atom is 0.118 e. The first kappa shape index (κ1) is 16.3. The number of methoxy groups -OCH3 is 1. The van der Waals surface area contributed by atoms with E-state index >= 15 is 0 Å². The van der Waals surface area contributed by atoms with Crippen LogP contribution in [-0.2, 0) is 6.42 Å². The van der Waals surface area contributed by atoms with Gasteiger partial charge >= 0.3 is 0 Å². The standard InChI is InChI=1S/C18H30N2O/c1-14(20-13-5-4-6-18(20)15(2)19)7-8-16-9-11-17(21-3)12-10-16/h9-12,14-15,18H,4-8,13,19H2,1-3H3. The Morgan fingerprint density at radius 1 is 1.24 bits per heavy atom. The first-order chi connectivity index (χ1) is 10.1. The molecule has 21 heavy (non-hydrogen) atoms. The van der Waals surface area contributed by atoms with Crippen molar-refractivity contribution in [3.05, 3.63) is 29.8 Å². The van der Waals surface area contributed by atoms with Gasteiger partial charge in [0.25, 0.3) is 0 Å². The predicted octanol–water partition coefficient (Wildman–Crippen LogP) is 3.22. The molecule has 3 atom stereocenters. The Morgan fingerprint density at radius 2 is 1.95 bits per heavy atom. The van der Waals surface area contributed by atoms with E-state index in [1.165, 1.54) is 37.8 Å². The highest BCUT2D eigenvalue weighted by atomic mass is 16.5. The molecule has 2 N–H and O–H groups in total. The molecule has 1 aromatic rings. The molecule has 1 aliphatic heterocycles. The molecule has 1 aromatic carbocycles. The second-order valence-electron chi connectivity index (χ2n) is 6.40. The fraction of sp³-hybridized carbons (Fsp3) is 0.667. The van der Waals surface area contributed by atoms with Gasteiger partial charge in [0.05, 0.1) is 7.11 Å². The highest BCUT2D eigenvalue weighted by molar-refractivity contribution is 5.27. The van der Waals surface area contributed by atoms with Crippen molar-refractivity contribution in [1.82, 2.24) is 4.90 Å². The van der Waals surface area contributed by atoms with Gasteiger partial charge in [-0.25, -0.2) is 0 Å². The minimum Gasteiger partial charge on any atom is -0.497 e. The number of nitrogens with zero attached hydrogens (tertiary/aromatic N) is 1. The molecule has 0 aromatic heterocycles. The molecular formula is C18H30N2O. The number of ether oxygens (including phenoxy) is 1. The van der Waals surface area contributed by atoms with Crippen molar-refractivity contribution in [2.75, 3.05) is 13.7 Å². The monoisotopic (exact) mass is 290 g/mol. The summed E-state index contributed by atoms with van der Waals surface area (Å²) in [6.07, 6.45) is 6.21. The SMILES string of the molecule is COc1ccc(CCC(C)N2CCCCC2C(C)N)cc1. The van der Waals surface area contributed by atoms with Crippen LogP contribution in [0.2, 0.25) is 0 Å². The highest BCUT2D eigenvalue weighted by Crippen LogP contribution is 2.23. The van der Waals surface area contributed by atoms with Crippen LogP contribution in [0.5, 0.6) is 5.75 Å². The second-order valence-corrected chi connectivity index (χ2v) is 6.40. The van der Waals surface area contributed by atoms with Gasteiger partial charge in [0.15, 0.2) is 0 Å². The quantitative estimate of drug-likeness (QED) is 0.874. The zero-order chi connectivity index (χ0) is 15.2. The minimum atomic E-state index is 0.272. The molecule has 118 valence electrons. The number of hydrogen-bond acceptors (Lipinski definition) is 3. The van der Waals surface area contributed by atoms with Crippen molar-refractivity contribution < 1.29 is 4.74 Å². The van der Waals surface area contributed by atoms with Gasteiger partial charge in [-0.3, -0.25) is 4.90 Å². The van der Waals surface area contributed by atoms with E-state index in [1.807, 2.05) is 12.1 Å². The van der Waals surface area contributed by atoms with Crippen LogP contribution in [0.15, 0.2) is 24.3 Å². The smallest absolute Gasteiger partial charge is 0.118 e. The summed E-state index contributed by atoms with van der Waals surface area (Å²) in [5.74, 6) is 0.930. The average molecular weight is 290 g/mol. The number of aryl methyl sites for hydroxylation is 1. The Labute approximate surface area is 129 Å². The van der Waals surface area contributed by atoms with Gasteiger partial charge in [0.2, 0.25) is 0 Å². The molecule has 0 bridgehead atoms. The van der Waals surface area contributed by atoms with E-state index in [4.69, 9.17) is 10.5 Å². The van der Waals surface area contributed by atoms with Crippen LogP contribution in [0.25, 0.3) is 0 Å². The van der Waals surface area contributed by atoms with E-state index in [0.717, 1.165) is 12.2 Å². The summed E-state index contributed by atoms with van der Waals surface area (Å²) >= 11 is 0. The van der Waals surface area contributed by atoms with E-state index in [1.54, 1.807) is 7.11 Å². The van der Waals surface area contributed by atoms with E-state index in [-0.39, 0.29) is 6.04 Å². The van der Waals surface area contributed by atoms with Gasteiger partial charge in [0.1, 0.15) is 5.75 Å². The Kier molecular flexibility index (Phi) is 6.07. The van der Waals surface area contributed by atoms with E-state index in [2.05, 4.69) is 30.9 Å². The molecule has 3 nitrogen and oxygen atoms in total. The van der Waals surface area contributed by atoms with Crippen molar-refractivity contribution in [1.29, 1.82) is 0 Å². The van der Waals surface area contributed by atoms with Gasteiger partial charge < -0.3 is 10.5 Å². The van der Waals surface area contributed by atoms with E-state index < -0.39 is 0 Å². The zero-order valence-electron chi connectivity index (χ0n) is 13.7. The largest absolute Gasteiger partial charge is 0.497 e. The van der Waals surface area contributed by atoms with Crippen LogP contribution in [-0.4, -0.2) is 36.7 Å². The molecule has 3 heteroatoms. The molecule has 0 radical (unpaired) electrons. The van der Waals surface area contributed by atoms with Crippen molar-refractivity contribution in [3.63, 3.8) is 0 Å². The number of benzene rings is 1. The number of hydrogen-bond donors (Lipinski definition) is 1. The summed E-state index contributed by atoms with van der Waals surface area (Å²) in [6, 6.07) is 9.87. The normalized spacial score (nSPS) is 22.8. The first-order valence-electron chi connectivity index (χ1n) is 8.26. The molecule has 0 amide bonds. The second kappa shape index (κ2) is 7.81. The number of piperidine rings is 1. The van der Waals surface area contributed by atoms with Crippen LogP contribution < -0.4 is 10.5 Å². The molecule has 1 saturated heterocycles. The Morgan fingerprint density at radius 3 is 2.57 bits per heavy atom. The lowest BCUT2D eigenvalue weighted by Crippen LogP contribution is -2.52. The maximum atomic E-state index is 6.18. The third-order valence-corrected chi connectivity index (χ3v) is 4.78. The van der Waals surface area contributed by atoms with Gasteiger partial charge in [-0.2, -0.15) is 0 Å². The predicted molar refractivity (Wildman–Crippen MR) is 88.8 cm³/mol. The van der Waals surface area contributed by atoms with Crippen molar-refractivity contribution in [2.45, 2.75) is 64.1 Å². The molecule has 1 fully saturated rings. The van der Waals surface area contributed by atoms with E-state index in [0.29, 0.717) is 12.1 Å². The van der Waals surface area contributed by atoms with Crippen LogP contribution in [0.4, 0.5) is 0 Å². The van der Waals surface area contributed by atoms with Gasteiger partial charge in [-0.1, -0.05) is 18.6 Å². The minimum absolute atomic E-state index is 0.272. The number of nitrogens with two attached hydrogens (primary N) is 1. The summed E-state index contributed by atoms with van der Waals surface area (Å²) in [4.78, 5) is 2.64. The molecule has 2 rings (SSSR count). The Bertz CT molecular complexity index is 416. The first-order valence-corrected chi connectivity index (χ1v) is 8.26. The lowest BCUT2D eigenvalue weighted by Gasteiger charge is -2.42. The summed E-state index contributed by atoms with van der Waals surface area (Å²) < 4.78 is 5.21. The Hall–Kier alpha value is -1.06. The summed E-state index contributed by atoms with van der Waals surface area (Å²) in [6.45, 7) is 5.71. The highest BCUT2D eigenvalue weighted by Gasteiger charge is 2.28. The summed E-state index contributed by atoms with van der Waals surface area (Å²) in [7, 11) is 1.71. The average Bonchev–Trinajstić information content (AvgIpc) is 2.53. The summed E-state index contributed by atoms with van der Waals surface area (Å²) in [5.41, 5.74) is 7.57. The van der Waals surface area contributed by atoms with Crippen LogP contribution in [0.3, 0.4) is 0 Å². The lowest BCUT2D eigenvalue weighted by molar-refractivity contribution is 0.0850. The number of likely N-dealkylation sites (tertiary alicyclic amines) is 1. The Balaban J connectivity index is 1.88. The topological polar surface area (TPSA) is 38.5 Å². The zero-order valence-corrected chi connectivity index (χ0v) is 13.7. The molecule has 1 heterocycles. The van der Waals surface area contributed by atoms with Gasteiger partial charge in [0, 0.05) is 18.1 Å². The van der Waals surface area contributed by atoms with Crippen LogP contribution >= 0.6 is 0 Å². The molecule has 0 aliphatic carbocycles. The van der Waals surface area contributed by atoms with Gasteiger partial charge in [-0.15, -0.1) is 0 Å². The molecule has 0 spiro atoms. The fourth-order valence-corrected chi connectivity index (χ4v) is 3.43. The third kappa shape index (κ3) is 4.45. The van der Waals surface area contributed by atoms with Crippen LogP contribution in [0.1, 0.15) is 45.1 Å². The molecule has 0 saturated carbocycles. The van der Waals surface area contributed by atoms with Crippen molar-refractivity contribution in [2.24, 2.45) is 5.73 Å². The van der Waals surface area contributed by atoms with Crippen LogP contribution in [0, 0.1) is 0 Å². The lowest BCUT2D eigenvalue weighted by atomic mass is 9.93. The van der Waals surface area contributed by atoms with E-state index in [9.17, 15) is 0 Å².